The first-order chi connectivity index (χ1) is 12.5. The molecule has 2 unspecified atom stereocenters. The molecule has 4 rings (SSSR count). The van der Waals surface area contributed by atoms with E-state index in [1.807, 2.05) is 48.5 Å². The van der Waals surface area contributed by atoms with E-state index >= 15 is 0 Å². The Balaban J connectivity index is 1.97. The molecule has 2 heterocycles. The summed E-state index contributed by atoms with van der Waals surface area (Å²) in [5.41, 5.74) is 0.476. The number of likely N-dealkylation sites (N-methyl/N-ethyl adjacent to an activating group) is 2. The van der Waals surface area contributed by atoms with Gasteiger partial charge >= 0.3 is 0 Å². The summed E-state index contributed by atoms with van der Waals surface area (Å²) in [5, 5.41) is 1.40. The summed E-state index contributed by atoms with van der Waals surface area (Å²) in [6.07, 6.45) is 0. The molecular formula is C20H22Cl2N2O2. The molecule has 138 valence electrons. The van der Waals surface area contributed by atoms with E-state index in [4.69, 9.17) is 32.7 Å². The van der Waals surface area contributed by atoms with Crippen LogP contribution in [-0.4, -0.2) is 50.2 Å². The summed E-state index contributed by atoms with van der Waals surface area (Å²) < 4.78 is 13.0. The predicted molar refractivity (Wildman–Crippen MR) is 103 cm³/mol. The van der Waals surface area contributed by atoms with E-state index in [0.29, 0.717) is 23.3 Å². The van der Waals surface area contributed by atoms with Crippen LogP contribution in [0.4, 0.5) is 0 Å². The van der Waals surface area contributed by atoms with Crippen LogP contribution in [0.25, 0.3) is 0 Å². The minimum absolute atomic E-state index is 0.631. The Labute approximate surface area is 164 Å². The van der Waals surface area contributed by atoms with Crippen LogP contribution in [0.15, 0.2) is 48.5 Å². The number of halogens is 2. The monoisotopic (exact) mass is 392 g/mol. The van der Waals surface area contributed by atoms with Crippen LogP contribution in [0.3, 0.4) is 0 Å². The summed E-state index contributed by atoms with van der Waals surface area (Å²) in [4.78, 5) is 4.46. The second kappa shape index (κ2) is 6.79. The van der Waals surface area contributed by atoms with Gasteiger partial charge in [0.15, 0.2) is 11.4 Å². The highest BCUT2D eigenvalue weighted by Crippen LogP contribution is 2.53. The third-order valence-electron chi connectivity index (χ3n) is 5.48. The molecule has 4 nitrogen and oxygen atoms in total. The molecule has 0 aromatic heterocycles. The zero-order valence-electron chi connectivity index (χ0n) is 14.9. The highest BCUT2D eigenvalue weighted by Gasteiger charge is 2.64. The van der Waals surface area contributed by atoms with Gasteiger partial charge in [0.25, 0.3) is 0 Å². The van der Waals surface area contributed by atoms with Gasteiger partial charge in [0.05, 0.1) is 13.2 Å². The highest BCUT2D eigenvalue weighted by molar-refractivity contribution is 6.30. The summed E-state index contributed by atoms with van der Waals surface area (Å²) >= 11 is 12.3. The number of ether oxygens (including phenoxy) is 2. The molecule has 0 spiro atoms. The lowest BCUT2D eigenvalue weighted by Crippen LogP contribution is -2.62. The van der Waals surface area contributed by atoms with E-state index < -0.39 is 11.4 Å². The third kappa shape index (κ3) is 2.52. The zero-order valence-corrected chi connectivity index (χ0v) is 16.4. The molecule has 0 amide bonds. The maximum atomic E-state index is 6.50. The number of nitrogens with zero attached hydrogens (tertiary/aromatic N) is 2. The minimum Gasteiger partial charge on any atom is -0.350 e. The van der Waals surface area contributed by atoms with E-state index in [2.05, 4.69) is 23.9 Å². The first-order valence-corrected chi connectivity index (χ1v) is 9.49. The second-order valence-corrected chi connectivity index (χ2v) is 7.71. The van der Waals surface area contributed by atoms with Crippen LogP contribution >= 0.6 is 23.2 Å². The Morgan fingerprint density at radius 2 is 1.04 bits per heavy atom. The predicted octanol–water partition coefficient (Wildman–Crippen LogP) is 3.92. The Hall–Kier alpha value is -1.14. The van der Waals surface area contributed by atoms with Gasteiger partial charge in [0.2, 0.25) is 0 Å². The number of hydrogen-bond donors (Lipinski definition) is 0. The van der Waals surface area contributed by atoms with Crippen LogP contribution in [0.5, 0.6) is 0 Å². The SMILES string of the molecule is CN1CCOC1(c1ccc(Cl)cc1)C1(c2ccc(Cl)cc2)OCCN1C. The van der Waals surface area contributed by atoms with Gasteiger partial charge in [-0.3, -0.25) is 9.80 Å². The van der Waals surface area contributed by atoms with Crippen molar-refractivity contribution < 1.29 is 9.47 Å². The van der Waals surface area contributed by atoms with Crippen molar-refractivity contribution in [2.45, 2.75) is 11.4 Å². The van der Waals surface area contributed by atoms with Crippen LogP contribution in [0.2, 0.25) is 10.0 Å². The topological polar surface area (TPSA) is 24.9 Å². The Bertz CT molecular complexity index is 716. The van der Waals surface area contributed by atoms with Crippen molar-refractivity contribution in [3.8, 4) is 0 Å². The van der Waals surface area contributed by atoms with Crippen molar-refractivity contribution in [1.29, 1.82) is 0 Å². The molecule has 2 aliphatic heterocycles. The number of benzene rings is 2. The Morgan fingerprint density at radius 1 is 0.692 bits per heavy atom. The van der Waals surface area contributed by atoms with Crippen LogP contribution in [0, 0.1) is 0 Å². The van der Waals surface area contributed by atoms with Gasteiger partial charge in [-0.25, -0.2) is 0 Å². The standard InChI is InChI=1S/C20H22Cl2N2O2/c1-23-11-13-25-19(23,15-3-7-17(21)8-4-15)20(24(2)12-14-26-20)16-5-9-18(22)10-6-16/h3-10H,11-14H2,1-2H3. The van der Waals surface area contributed by atoms with Gasteiger partial charge in [-0.2, -0.15) is 0 Å². The molecule has 2 aromatic rings. The van der Waals surface area contributed by atoms with Gasteiger partial charge in [-0.15, -0.1) is 0 Å². The molecular weight excluding hydrogens is 371 g/mol. The van der Waals surface area contributed by atoms with Crippen molar-refractivity contribution in [3.05, 3.63) is 69.7 Å². The lowest BCUT2D eigenvalue weighted by molar-refractivity contribution is -0.275. The molecule has 0 radical (unpaired) electrons. The number of rotatable bonds is 3. The van der Waals surface area contributed by atoms with E-state index in [9.17, 15) is 0 Å². The van der Waals surface area contributed by atoms with Gasteiger partial charge in [0, 0.05) is 34.3 Å². The summed E-state index contributed by atoms with van der Waals surface area (Å²) in [7, 11) is 4.16. The van der Waals surface area contributed by atoms with Crippen LogP contribution in [0.1, 0.15) is 11.1 Å². The molecule has 6 heteroatoms. The van der Waals surface area contributed by atoms with Crippen molar-refractivity contribution in [2.24, 2.45) is 0 Å². The molecule has 0 N–H and O–H groups in total. The molecule has 0 bridgehead atoms. The largest absolute Gasteiger partial charge is 0.350 e. The molecule has 26 heavy (non-hydrogen) atoms. The molecule has 2 fully saturated rings. The second-order valence-electron chi connectivity index (χ2n) is 6.84. The van der Waals surface area contributed by atoms with Crippen LogP contribution in [-0.2, 0) is 20.9 Å². The normalized spacial score (nSPS) is 30.2. The summed E-state index contributed by atoms with van der Waals surface area (Å²) in [6, 6.07) is 15.7. The molecule has 0 aliphatic carbocycles. The zero-order chi connectivity index (χ0) is 18.4. The van der Waals surface area contributed by atoms with Gasteiger partial charge in [-0.05, 0) is 38.4 Å². The van der Waals surface area contributed by atoms with E-state index in [0.717, 1.165) is 24.2 Å². The molecule has 2 atom stereocenters. The van der Waals surface area contributed by atoms with Gasteiger partial charge < -0.3 is 9.47 Å². The lowest BCUT2D eigenvalue weighted by Gasteiger charge is -2.51. The Kier molecular flexibility index (Phi) is 4.76. The van der Waals surface area contributed by atoms with Crippen molar-refractivity contribution in [1.82, 2.24) is 9.80 Å². The van der Waals surface area contributed by atoms with Crippen molar-refractivity contribution >= 4 is 23.2 Å². The van der Waals surface area contributed by atoms with E-state index in [1.54, 1.807) is 0 Å². The average Bonchev–Trinajstić information content (AvgIpc) is 3.21. The average molecular weight is 393 g/mol. The first kappa shape index (κ1) is 18.2. The molecule has 2 aliphatic rings. The molecule has 0 saturated carbocycles. The highest BCUT2D eigenvalue weighted by atomic mass is 35.5. The maximum Gasteiger partial charge on any atom is 0.195 e. The Morgan fingerprint density at radius 3 is 1.31 bits per heavy atom. The smallest absolute Gasteiger partial charge is 0.195 e. The molecule has 2 saturated heterocycles. The van der Waals surface area contributed by atoms with Crippen LogP contribution < -0.4 is 0 Å². The lowest BCUT2D eigenvalue weighted by atomic mass is 9.84. The van der Waals surface area contributed by atoms with Crippen molar-refractivity contribution in [2.75, 3.05) is 40.4 Å². The molecule has 2 aromatic carbocycles. The van der Waals surface area contributed by atoms with Gasteiger partial charge in [-0.1, -0.05) is 47.5 Å². The van der Waals surface area contributed by atoms with E-state index in [-0.39, 0.29) is 0 Å². The van der Waals surface area contributed by atoms with E-state index in [1.165, 1.54) is 0 Å². The number of hydrogen-bond acceptors (Lipinski definition) is 4. The fraction of sp³-hybridized carbons (Fsp3) is 0.400. The first-order valence-electron chi connectivity index (χ1n) is 8.73. The fourth-order valence-electron chi connectivity index (χ4n) is 4.26. The fourth-order valence-corrected chi connectivity index (χ4v) is 4.51. The summed E-state index contributed by atoms with van der Waals surface area (Å²) in [6.45, 7) is 2.89. The maximum absolute atomic E-state index is 6.50. The summed E-state index contributed by atoms with van der Waals surface area (Å²) in [5.74, 6) is 0. The minimum atomic E-state index is -0.781. The van der Waals surface area contributed by atoms with Crippen molar-refractivity contribution in [3.63, 3.8) is 0 Å². The third-order valence-corrected chi connectivity index (χ3v) is 5.98. The van der Waals surface area contributed by atoms with Gasteiger partial charge in [0.1, 0.15) is 0 Å². The quantitative estimate of drug-likeness (QED) is 0.789.